The molecule has 0 unspecified atom stereocenters. The number of carbonyl (C=O) groups is 1. The van der Waals surface area contributed by atoms with E-state index >= 15 is 0 Å². The van der Waals surface area contributed by atoms with Crippen LogP contribution >= 0.6 is 0 Å². The van der Waals surface area contributed by atoms with Gasteiger partial charge in [-0.15, -0.1) is 0 Å². The number of hydrogen-bond acceptors (Lipinski definition) is 4. The van der Waals surface area contributed by atoms with Crippen LogP contribution in [0.3, 0.4) is 0 Å². The number of amidine groups is 1. The molecule has 2 rings (SSSR count). The molecule has 1 heterocycles. The van der Waals surface area contributed by atoms with Crippen LogP contribution in [-0.2, 0) is 14.8 Å². The molecule has 1 aliphatic heterocycles. The molecule has 0 radical (unpaired) electrons. The predicted octanol–water partition coefficient (Wildman–Crippen LogP) is 1.22. The van der Waals surface area contributed by atoms with Crippen molar-refractivity contribution in [3.05, 3.63) is 29.8 Å². The smallest absolute Gasteiger partial charge is 0.328 e. The second-order valence-electron chi connectivity index (χ2n) is 4.75. The average Bonchev–Trinajstić information content (AvgIpc) is 2.67. The molecule has 0 saturated heterocycles. The van der Waals surface area contributed by atoms with Crippen molar-refractivity contribution in [1.82, 2.24) is 4.72 Å². The minimum Gasteiger partial charge on any atom is -0.480 e. The van der Waals surface area contributed by atoms with Crippen LogP contribution < -0.4 is 4.72 Å². The van der Waals surface area contributed by atoms with E-state index in [-0.39, 0.29) is 16.6 Å². The number of carboxylic acid groups (broad SMARTS) is 1. The summed E-state index contributed by atoms with van der Waals surface area (Å²) in [5.41, 5.74) is 0.419. The number of nitrogens with one attached hydrogen (secondary N) is 1. The van der Waals surface area contributed by atoms with E-state index in [9.17, 15) is 18.3 Å². The zero-order valence-corrected chi connectivity index (χ0v) is 12.0. The van der Waals surface area contributed by atoms with Gasteiger partial charge in [0.15, 0.2) is 6.04 Å². The lowest BCUT2D eigenvalue weighted by atomic mass is 10.00. The Bertz CT molecular complexity index is 667. The standard InChI is InChI=1S/C13H16N2O4S/c1-3-8(2)11(13(16)17)14-12-9-6-4-5-7-10(9)20(18,19)15-12/h4-8,11H,3H2,1-2H3,(H,14,15)(H,16,17)/t8-,11-/m1/s1. The third-order valence-electron chi connectivity index (χ3n) is 3.37. The summed E-state index contributed by atoms with van der Waals surface area (Å²) in [4.78, 5) is 15.5. The first-order valence-corrected chi connectivity index (χ1v) is 7.78. The van der Waals surface area contributed by atoms with Crippen molar-refractivity contribution >= 4 is 21.8 Å². The topological polar surface area (TPSA) is 95.8 Å². The summed E-state index contributed by atoms with van der Waals surface area (Å²) in [6, 6.07) is 5.42. The molecule has 0 spiro atoms. The lowest BCUT2D eigenvalue weighted by Gasteiger charge is -2.15. The van der Waals surface area contributed by atoms with E-state index in [4.69, 9.17) is 0 Å². The monoisotopic (exact) mass is 296 g/mol. The van der Waals surface area contributed by atoms with Crippen molar-refractivity contribution < 1.29 is 18.3 Å². The lowest BCUT2D eigenvalue weighted by molar-refractivity contribution is -0.139. The van der Waals surface area contributed by atoms with E-state index in [0.717, 1.165) is 0 Å². The predicted molar refractivity (Wildman–Crippen MR) is 74.2 cm³/mol. The van der Waals surface area contributed by atoms with Gasteiger partial charge in [-0.25, -0.2) is 13.2 Å². The van der Waals surface area contributed by atoms with Crippen LogP contribution in [0, 0.1) is 5.92 Å². The van der Waals surface area contributed by atoms with Gasteiger partial charge in [0.1, 0.15) is 5.84 Å². The molecule has 7 heteroatoms. The van der Waals surface area contributed by atoms with Gasteiger partial charge >= 0.3 is 5.97 Å². The summed E-state index contributed by atoms with van der Waals surface area (Å²) in [5, 5.41) is 9.23. The number of benzene rings is 1. The van der Waals surface area contributed by atoms with Crippen LogP contribution in [0.1, 0.15) is 25.8 Å². The summed E-state index contributed by atoms with van der Waals surface area (Å²) in [5.74, 6) is -1.14. The van der Waals surface area contributed by atoms with E-state index in [2.05, 4.69) is 9.71 Å². The minimum absolute atomic E-state index is 0.105. The molecule has 0 aromatic heterocycles. The Kier molecular flexibility index (Phi) is 3.80. The summed E-state index contributed by atoms with van der Waals surface area (Å²) in [6.07, 6.45) is 0.641. The molecule has 0 amide bonds. The number of aliphatic carboxylic acids is 1. The van der Waals surface area contributed by atoms with Gasteiger partial charge in [0.25, 0.3) is 10.0 Å². The SMILES string of the molecule is CC[C@@H](C)[C@@H](N=C1NS(=O)(=O)c2ccccc21)C(=O)O. The molecule has 2 atom stereocenters. The number of sulfonamides is 1. The third kappa shape index (κ3) is 2.53. The number of carboxylic acids is 1. The first kappa shape index (κ1) is 14.5. The fourth-order valence-electron chi connectivity index (χ4n) is 2.02. The van der Waals surface area contributed by atoms with Crippen molar-refractivity contribution in [2.75, 3.05) is 0 Å². The zero-order chi connectivity index (χ0) is 14.9. The second-order valence-corrected chi connectivity index (χ2v) is 6.40. The average molecular weight is 296 g/mol. The summed E-state index contributed by atoms with van der Waals surface area (Å²) in [6.45, 7) is 3.64. The van der Waals surface area contributed by atoms with Crippen molar-refractivity contribution in [2.45, 2.75) is 31.2 Å². The number of hydrogen-bond donors (Lipinski definition) is 2. The second kappa shape index (κ2) is 5.24. The lowest BCUT2D eigenvalue weighted by Crippen LogP contribution is -2.30. The van der Waals surface area contributed by atoms with Gasteiger partial charge in [-0.2, -0.15) is 0 Å². The molecule has 2 N–H and O–H groups in total. The number of aliphatic imine (C=N–C) groups is 1. The molecular weight excluding hydrogens is 280 g/mol. The van der Waals surface area contributed by atoms with Crippen molar-refractivity contribution in [3.63, 3.8) is 0 Å². The van der Waals surface area contributed by atoms with Crippen LogP contribution in [0.15, 0.2) is 34.2 Å². The minimum atomic E-state index is -3.63. The molecule has 1 aliphatic rings. The quantitative estimate of drug-likeness (QED) is 0.873. The Balaban J connectivity index is 2.49. The van der Waals surface area contributed by atoms with Crippen LogP contribution in [0.4, 0.5) is 0 Å². The molecule has 0 saturated carbocycles. The number of nitrogens with zero attached hydrogens (tertiary/aromatic N) is 1. The number of rotatable bonds is 4. The van der Waals surface area contributed by atoms with E-state index < -0.39 is 22.0 Å². The van der Waals surface area contributed by atoms with E-state index in [1.54, 1.807) is 25.1 Å². The van der Waals surface area contributed by atoms with Gasteiger partial charge in [-0.1, -0.05) is 32.4 Å². The van der Waals surface area contributed by atoms with E-state index in [1.807, 2.05) is 6.92 Å². The molecular formula is C13H16N2O4S. The molecule has 0 bridgehead atoms. The van der Waals surface area contributed by atoms with Crippen molar-refractivity contribution in [2.24, 2.45) is 10.9 Å². The maximum absolute atomic E-state index is 11.9. The van der Waals surface area contributed by atoms with Crippen LogP contribution in [0.2, 0.25) is 0 Å². The maximum atomic E-state index is 11.9. The first-order valence-electron chi connectivity index (χ1n) is 6.29. The molecule has 20 heavy (non-hydrogen) atoms. The Hall–Kier alpha value is -1.89. The Labute approximate surface area is 117 Å². The van der Waals surface area contributed by atoms with Gasteiger partial charge in [0, 0.05) is 5.56 Å². The maximum Gasteiger partial charge on any atom is 0.328 e. The number of fused-ring (bicyclic) bond motifs is 1. The van der Waals surface area contributed by atoms with E-state index in [1.165, 1.54) is 6.07 Å². The third-order valence-corrected chi connectivity index (χ3v) is 4.76. The molecule has 0 fully saturated rings. The Morgan fingerprint density at radius 3 is 2.65 bits per heavy atom. The molecule has 108 valence electrons. The molecule has 1 aromatic carbocycles. The largest absolute Gasteiger partial charge is 0.480 e. The van der Waals surface area contributed by atoms with Crippen molar-refractivity contribution in [3.8, 4) is 0 Å². The highest BCUT2D eigenvalue weighted by molar-refractivity contribution is 7.90. The van der Waals surface area contributed by atoms with Gasteiger partial charge < -0.3 is 5.11 Å². The van der Waals surface area contributed by atoms with E-state index in [0.29, 0.717) is 12.0 Å². The summed E-state index contributed by atoms with van der Waals surface area (Å²) >= 11 is 0. The highest BCUT2D eigenvalue weighted by Gasteiger charge is 2.32. The van der Waals surface area contributed by atoms with Crippen molar-refractivity contribution in [1.29, 1.82) is 0 Å². The Morgan fingerprint density at radius 2 is 2.05 bits per heavy atom. The highest BCUT2D eigenvalue weighted by Crippen LogP contribution is 2.23. The highest BCUT2D eigenvalue weighted by atomic mass is 32.2. The van der Waals surface area contributed by atoms with Crippen LogP contribution in [-0.4, -0.2) is 31.4 Å². The zero-order valence-electron chi connectivity index (χ0n) is 11.2. The molecule has 0 aliphatic carbocycles. The van der Waals surface area contributed by atoms with Gasteiger partial charge in [-0.05, 0) is 18.1 Å². The molecule has 1 aromatic rings. The normalized spacial score (nSPS) is 21.0. The fourth-order valence-corrected chi connectivity index (χ4v) is 3.26. The van der Waals surface area contributed by atoms with Crippen LogP contribution in [0.25, 0.3) is 0 Å². The molecule has 6 nitrogen and oxygen atoms in total. The summed E-state index contributed by atoms with van der Waals surface area (Å²) < 4.78 is 26.1. The first-order chi connectivity index (χ1) is 9.36. The van der Waals surface area contributed by atoms with Crippen LogP contribution in [0.5, 0.6) is 0 Å². The Morgan fingerprint density at radius 1 is 1.40 bits per heavy atom. The van der Waals surface area contributed by atoms with Gasteiger partial charge in [0.05, 0.1) is 4.90 Å². The summed E-state index contributed by atoms with van der Waals surface area (Å²) in [7, 11) is -3.63. The van der Waals surface area contributed by atoms with Gasteiger partial charge in [0.2, 0.25) is 0 Å². The fraction of sp³-hybridized carbons (Fsp3) is 0.385. The van der Waals surface area contributed by atoms with Gasteiger partial charge in [-0.3, -0.25) is 9.71 Å².